The normalized spacial score (nSPS) is 13.2. The fourth-order valence-corrected chi connectivity index (χ4v) is 1.06. The Morgan fingerprint density at radius 1 is 1.69 bits per heavy atom. The van der Waals surface area contributed by atoms with E-state index in [1.54, 1.807) is 0 Å². The molecule has 1 heterocycles. The van der Waals surface area contributed by atoms with Crippen LogP contribution in [0.3, 0.4) is 0 Å². The Labute approximate surface area is 78.2 Å². The number of aryl methyl sites for hydroxylation is 1. The quantitative estimate of drug-likeness (QED) is 0.744. The van der Waals surface area contributed by atoms with E-state index in [1.165, 1.54) is 0 Å². The van der Waals surface area contributed by atoms with Crippen LogP contribution in [0, 0.1) is 6.92 Å². The maximum atomic E-state index is 5.49. The van der Waals surface area contributed by atoms with Gasteiger partial charge >= 0.3 is 0 Å². The monoisotopic (exact) mass is 184 g/mol. The molecule has 0 bridgehead atoms. The maximum Gasteiger partial charge on any atom is 0.162 e. The van der Waals surface area contributed by atoms with Crippen LogP contribution in [0.4, 0.5) is 0 Å². The third-order valence-corrected chi connectivity index (χ3v) is 1.68. The van der Waals surface area contributed by atoms with Crippen molar-refractivity contribution < 1.29 is 9.26 Å². The molecule has 0 aromatic carbocycles. The summed E-state index contributed by atoms with van der Waals surface area (Å²) in [6.07, 6.45) is 0.190. The summed E-state index contributed by atoms with van der Waals surface area (Å²) in [5.41, 5.74) is 0.889. The second-order valence-electron chi connectivity index (χ2n) is 3.11. The molecule has 0 saturated carbocycles. The van der Waals surface area contributed by atoms with Crippen LogP contribution in [0.25, 0.3) is 0 Å². The molecular weight excluding hydrogens is 168 g/mol. The molecule has 1 unspecified atom stereocenters. The minimum absolute atomic E-state index is 0.190. The van der Waals surface area contributed by atoms with Crippen molar-refractivity contribution in [2.24, 2.45) is 0 Å². The Balaban J connectivity index is 2.26. The zero-order valence-electron chi connectivity index (χ0n) is 8.33. The molecule has 0 saturated heterocycles. The molecule has 1 atom stereocenters. The second-order valence-corrected chi connectivity index (χ2v) is 3.11. The zero-order valence-corrected chi connectivity index (χ0v) is 8.33. The van der Waals surface area contributed by atoms with Crippen LogP contribution in [0.2, 0.25) is 0 Å². The number of aromatic nitrogens is 1. The van der Waals surface area contributed by atoms with E-state index in [4.69, 9.17) is 9.26 Å². The molecule has 0 aliphatic heterocycles. The van der Waals surface area contributed by atoms with Gasteiger partial charge in [0.05, 0.1) is 11.8 Å². The average Bonchev–Trinajstić information content (AvgIpc) is 2.49. The Kier molecular flexibility index (Phi) is 3.92. The molecule has 0 spiro atoms. The first-order valence-electron chi connectivity index (χ1n) is 4.40. The molecule has 1 N–H and O–H groups in total. The number of nitrogens with zero attached hydrogens (tertiary/aromatic N) is 1. The molecule has 0 radical (unpaired) electrons. The smallest absolute Gasteiger partial charge is 0.162 e. The van der Waals surface area contributed by atoms with Crippen molar-refractivity contribution >= 4 is 0 Å². The predicted octanol–water partition coefficient (Wildman–Crippen LogP) is 1.11. The molecule has 0 aliphatic carbocycles. The van der Waals surface area contributed by atoms with Crippen molar-refractivity contribution in [2.45, 2.75) is 26.6 Å². The van der Waals surface area contributed by atoms with E-state index in [1.807, 2.05) is 27.0 Å². The van der Waals surface area contributed by atoms with Gasteiger partial charge < -0.3 is 14.6 Å². The van der Waals surface area contributed by atoms with Crippen molar-refractivity contribution in [1.29, 1.82) is 0 Å². The molecule has 13 heavy (non-hydrogen) atoms. The van der Waals surface area contributed by atoms with E-state index in [0.29, 0.717) is 6.61 Å². The van der Waals surface area contributed by atoms with Crippen LogP contribution in [0.5, 0.6) is 0 Å². The van der Waals surface area contributed by atoms with Gasteiger partial charge in [0.1, 0.15) is 6.61 Å². The lowest BCUT2D eigenvalue weighted by Crippen LogP contribution is -2.23. The van der Waals surface area contributed by atoms with Gasteiger partial charge in [0, 0.05) is 12.6 Å². The molecule has 1 aromatic heterocycles. The van der Waals surface area contributed by atoms with E-state index < -0.39 is 0 Å². The lowest BCUT2D eigenvalue weighted by molar-refractivity contribution is 0.0412. The maximum absolute atomic E-state index is 5.49. The Morgan fingerprint density at radius 2 is 2.46 bits per heavy atom. The number of hydrogen-bond donors (Lipinski definition) is 1. The van der Waals surface area contributed by atoms with Gasteiger partial charge in [-0.1, -0.05) is 5.16 Å². The summed E-state index contributed by atoms with van der Waals surface area (Å²) in [6.45, 7) is 5.24. The molecule has 1 aromatic rings. The summed E-state index contributed by atoms with van der Waals surface area (Å²) in [7, 11) is 1.90. The summed E-state index contributed by atoms with van der Waals surface area (Å²) in [5, 5.41) is 6.81. The van der Waals surface area contributed by atoms with Crippen LogP contribution in [-0.4, -0.2) is 24.9 Å². The number of hydrogen-bond acceptors (Lipinski definition) is 4. The minimum Gasteiger partial charge on any atom is -0.369 e. The third kappa shape index (κ3) is 3.57. The third-order valence-electron chi connectivity index (χ3n) is 1.68. The highest BCUT2D eigenvalue weighted by Crippen LogP contribution is 2.05. The topological polar surface area (TPSA) is 47.3 Å². The fourth-order valence-electron chi connectivity index (χ4n) is 1.06. The van der Waals surface area contributed by atoms with Crippen LogP contribution in [0.1, 0.15) is 18.4 Å². The van der Waals surface area contributed by atoms with E-state index in [0.717, 1.165) is 18.0 Å². The van der Waals surface area contributed by atoms with E-state index >= 15 is 0 Å². The standard InChI is InChI=1S/C9H16N2O2/c1-7-4-9(13-11-7)6-12-8(2)5-10-3/h4,8,10H,5-6H2,1-3H3. The van der Waals surface area contributed by atoms with Crippen LogP contribution in [-0.2, 0) is 11.3 Å². The number of likely N-dealkylation sites (N-methyl/N-ethyl adjacent to an activating group) is 1. The summed E-state index contributed by atoms with van der Waals surface area (Å²) in [5.74, 6) is 0.778. The lowest BCUT2D eigenvalue weighted by Gasteiger charge is -2.10. The van der Waals surface area contributed by atoms with E-state index in [-0.39, 0.29) is 6.10 Å². The average molecular weight is 184 g/mol. The molecule has 74 valence electrons. The number of nitrogens with one attached hydrogen (secondary N) is 1. The van der Waals surface area contributed by atoms with Crippen molar-refractivity contribution in [3.05, 3.63) is 17.5 Å². The fraction of sp³-hybridized carbons (Fsp3) is 0.667. The molecule has 4 heteroatoms. The van der Waals surface area contributed by atoms with E-state index in [2.05, 4.69) is 10.5 Å². The lowest BCUT2D eigenvalue weighted by atomic mass is 10.4. The van der Waals surface area contributed by atoms with Gasteiger partial charge in [-0.15, -0.1) is 0 Å². The molecule has 4 nitrogen and oxygen atoms in total. The van der Waals surface area contributed by atoms with Gasteiger partial charge in [0.15, 0.2) is 5.76 Å². The summed E-state index contributed by atoms with van der Waals surface area (Å²) < 4.78 is 10.5. The SMILES string of the molecule is CNCC(C)OCc1cc(C)no1. The largest absolute Gasteiger partial charge is 0.369 e. The van der Waals surface area contributed by atoms with Gasteiger partial charge in [0.25, 0.3) is 0 Å². The van der Waals surface area contributed by atoms with Gasteiger partial charge in [-0.05, 0) is 20.9 Å². The van der Waals surface area contributed by atoms with Gasteiger partial charge in [-0.3, -0.25) is 0 Å². The van der Waals surface area contributed by atoms with Gasteiger partial charge in [-0.2, -0.15) is 0 Å². The Bertz CT molecular complexity index is 248. The first-order chi connectivity index (χ1) is 6.22. The Hall–Kier alpha value is -0.870. The highest BCUT2D eigenvalue weighted by atomic mass is 16.5. The number of ether oxygens (including phenoxy) is 1. The summed E-state index contributed by atoms with van der Waals surface area (Å²) in [6, 6.07) is 1.88. The van der Waals surface area contributed by atoms with Crippen LogP contribution >= 0.6 is 0 Å². The molecule has 0 amide bonds. The predicted molar refractivity (Wildman–Crippen MR) is 49.4 cm³/mol. The summed E-state index contributed by atoms with van der Waals surface area (Å²) >= 11 is 0. The van der Waals surface area contributed by atoms with Crippen molar-refractivity contribution in [3.63, 3.8) is 0 Å². The molecule has 1 rings (SSSR count). The van der Waals surface area contributed by atoms with E-state index in [9.17, 15) is 0 Å². The molecule has 0 fully saturated rings. The Morgan fingerprint density at radius 3 is 3.00 bits per heavy atom. The number of rotatable bonds is 5. The second kappa shape index (κ2) is 4.99. The first-order valence-corrected chi connectivity index (χ1v) is 4.40. The summed E-state index contributed by atoms with van der Waals surface area (Å²) in [4.78, 5) is 0. The zero-order chi connectivity index (χ0) is 9.68. The minimum atomic E-state index is 0.190. The molecule has 0 aliphatic rings. The highest BCUT2D eigenvalue weighted by Gasteiger charge is 2.04. The molecular formula is C9H16N2O2. The first kappa shape index (κ1) is 10.2. The highest BCUT2D eigenvalue weighted by molar-refractivity contribution is 5.01. The van der Waals surface area contributed by atoms with Crippen LogP contribution in [0.15, 0.2) is 10.6 Å². The van der Waals surface area contributed by atoms with Crippen molar-refractivity contribution in [3.8, 4) is 0 Å². The van der Waals surface area contributed by atoms with Gasteiger partial charge in [-0.25, -0.2) is 0 Å². The van der Waals surface area contributed by atoms with Crippen molar-refractivity contribution in [1.82, 2.24) is 10.5 Å². The van der Waals surface area contributed by atoms with Crippen molar-refractivity contribution in [2.75, 3.05) is 13.6 Å². The van der Waals surface area contributed by atoms with Gasteiger partial charge in [0.2, 0.25) is 0 Å². The van der Waals surface area contributed by atoms with Crippen LogP contribution < -0.4 is 5.32 Å².